The van der Waals surface area contributed by atoms with Crippen LogP contribution in [0.15, 0.2) is 35.5 Å². The molecular formula is C24H29FO5. The minimum atomic E-state index is -1.64. The molecule has 4 rings (SSSR count). The third kappa shape index (κ3) is 2.65. The Bertz CT molecular complexity index is 917. The smallest absolute Gasteiger partial charge is 0.303 e. The summed E-state index contributed by atoms with van der Waals surface area (Å²) in [7, 11) is 0. The number of carbonyl (C=O) groups is 3. The van der Waals surface area contributed by atoms with Crippen LogP contribution < -0.4 is 0 Å². The lowest BCUT2D eigenvalue weighted by molar-refractivity contribution is -0.167. The van der Waals surface area contributed by atoms with E-state index < -0.39 is 41.0 Å². The van der Waals surface area contributed by atoms with Crippen LogP contribution in [0.2, 0.25) is 0 Å². The quantitative estimate of drug-likeness (QED) is 0.564. The summed E-state index contributed by atoms with van der Waals surface area (Å²) in [5.74, 6) is -1.80. The van der Waals surface area contributed by atoms with Gasteiger partial charge in [-0.25, -0.2) is 4.39 Å². The van der Waals surface area contributed by atoms with Crippen molar-refractivity contribution in [2.75, 3.05) is 6.61 Å². The molecule has 1 N–H and O–H groups in total. The maximum absolute atomic E-state index is 15.3. The second-order valence-electron chi connectivity index (χ2n) is 9.84. The van der Waals surface area contributed by atoms with Crippen LogP contribution >= 0.6 is 0 Å². The monoisotopic (exact) mass is 416 g/mol. The van der Waals surface area contributed by atoms with Crippen LogP contribution in [0.4, 0.5) is 4.39 Å². The number of aliphatic hydroxyl groups is 1. The first-order valence-corrected chi connectivity index (χ1v) is 10.6. The standard InChI is InChI=1S/C24H29FO5/c1-13-9-18-16-11-20(25)19-10-15(27)5-7-22(19,3)17(16)6-8-23(18,4)24(13,29)21(28)12-30-14(2)26/h5-7,10,13,16,18,20,29H,8-9,11-12H2,1-4H3/t13-,16-,18-,20+,22+,23-,24+/m1/s1. The van der Waals surface area contributed by atoms with Gasteiger partial charge in [-0.1, -0.05) is 31.6 Å². The average Bonchev–Trinajstić information content (AvgIpc) is 2.89. The molecule has 4 aliphatic rings. The molecule has 0 aromatic heterocycles. The SMILES string of the molecule is CC(=O)OCC(=O)[C@@]1(O)[C@H](C)C[C@@H]2[C@@H]3C[C@H](F)C4=CC(=O)C=C[C@@]4(C)C3=CC[C@]21C. The summed E-state index contributed by atoms with van der Waals surface area (Å²) in [5, 5.41) is 11.6. The number of fused-ring (bicyclic) bond motifs is 5. The van der Waals surface area contributed by atoms with E-state index in [1.54, 1.807) is 6.08 Å². The Hall–Kier alpha value is -2.08. The molecule has 0 aromatic rings. The first kappa shape index (κ1) is 21.2. The highest BCUT2D eigenvalue weighted by Gasteiger charge is 2.67. The van der Waals surface area contributed by atoms with E-state index in [0.29, 0.717) is 18.4 Å². The van der Waals surface area contributed by atoms with Crippen LogP contribution in [-0.2, 0) is 19.1 Å². The topological polar surface area (TPSA) is 80.7 Å². The fraction of sp³-hybridized carbons (Fsp3) is 0.625. The van der Waals surface area contributed by atoms with Crippen LogP contribution in [0.3, 0.4) is 0 Å². The van der Waals surface area contributed by atoms with Crippen LogP contribution in [0.25, 0.3) is 0 Å². The molecule has 0 unspecified atom stereocenters. The molecule has 0 radical (unpaired) electrons. The molecule has 0 heterocycles. The molecule has 4 aliphatic carbocycles. The molecule has 2 saturated carbocycles. The van der Waals surface area contributed by atoms with Crippen LogP contribution in [-0.4, -0.2) is 41.0 Å². The molecule has 7 atom stereocenters. The summed E-state index contributed by atoms with van der Waals surface area (Å²) < 4.78 is 20.2. The number of rotatable bonds is 3. The molecule has 6 heteroatoms. The zero-order valence-corrected chi connectivity index (χ0v) is 17.9. The van der Waals surface area contributed by atoms with Crippen molar-refractivity contribution in [3.8, 4) is 0 Å². The lowest BCUT2D eigenvalue weighted by Crippen LogP contribution is -2.58. The summed E-state index contributed by atoms with van der Waals surface area (Å²) in [6.45, 7) is 6.47. The number of allylic oxidation sites excluding steroid dienone is 6. The Labute approximate surface area is 176 Å². The highest BCUT2D eigenvalue weighted by Crippen LogP contribution is 2.66. The highest BCUT2D eigenvalue weighted by atomic mass is 19.1. The minimum absolute atomic E-state index is 0.0820. The summed E-state index contributed by atoms with van der Waals surface area (Å²) in [5.41, 5.74) is -1.48. The highest BCUT2D eigenvalue weighted by molar-refractivity contribution is 6.01. The maximum Gasteiger partial charge on any atom is 0.303 e. The van der Waals surface area contributed by atoms with Crippen LogP contribution in [0.1, 0.15) is 47.0 Å². The maximum atomic E-state index is 15.3. The largest absolute Gasteiger partial charge is 0.458 e. The predicted octanol–water partition coefficient (Wildman–Crippen LogP) is 3.27. The second-order valence-corrected chi connectivity index (χ2v) is 9.84. The van der Waals surface area contributed by atoms with Gasteiger partial charge in [0.25, 0.3) is 0 Å². The zero-order chi connectivity index (χ0) is 22.1. The summed E-state index contributed by atoms with van der Waals surface area (Å²) in [6.07, 6.45) is 6.83. The van der Waals surface area contributed by atoms with E-state index in [0.717, 1.165) is 5.57 Å². The van der Waals surface area contributed by atoms with Crippen molar-refractivity contribution in [1.82, 2.24) is 0 Å². The van der Waals surface area contributed by atoms with E-state index in [1.807, 2.05) is 26.8 Å². The molecule has 2 fully saturated rings. The molecule has 0 spiro atoms. The number of ketones is 2. The first-order chi connectivity index (χ1) is 13.9. The van der Waals surface area contributed by atoms with E-state index in [4.69, 9.17) is 4.74 Å². The van der Waals surface area contributed by atoms with E-state index in [-0.39, 0.29) is 30.0 Å². The van der Waals surface area contributed by atoms with Crippen LogP contribution in [0, 0.1) is 28.6 Å². The third-order valence-electron chi connectivity index (χ3n) is 8.35. The van der Waals surface area contributed by atoms with Gasteiger partial charge in [0.15, 0.2) is 12.4 Å². The lowest BCUT2D eigenvalue weighted by Gasteiger charge is -2.54. The van der Waals surface area contributed by atoms with Crippen molar-refractivity contribution in [2.45, 2.75) is 58.7 Å². The summed E-state index contributed by atoms with van der Waals surface area (Å²) in [4.78, 5) is 36.1. The molecule has 30 heavy (non-hydrogen) atoms. The van der Waals surface area contributed by atoms with Gasteiger partial charge in [-0.2, -0.15) is 0 Å². The molecular weight excluding hydrogens is 387 g/mol. The van der Waals surface area contributed by atoms with E-state index in [9.17, 15) is 19.5 Å². The van der Waals surface area contributed by atoms with Gasteiger partial charge >= 0.3 is 5.97 Å². The number of esters is 1. The van der Waals surface area contributed by atoms with Gasteiger partial charge in [-0.05, 0) is 61.7 Å². The number of hydrogen-bond acceptors (Lipinski definition) is 5. The van der Waals surface area contributed by atoms with Gasteiger partial charge in [0, 0.05) is 17.8 Å². The van der Waals surface area contributed by atoms with Gasteiger partial charge in [0.1, 0.15) is 11.8 Å². The Kier molecular flexibility index (Phi) is 4.73. The van der Waals surface area contributed by atoms with Gasteiger partial charge in [0.2, 0.25) is 5.78 Å². The molecule has 0 saturated heterocycles. The van der Waals surface area contributed by atoms with Crippen molar-refractivity contribution in [1.29, 1.82) is 0 Å². The zero-order valence-electron chi connectivity index (χ0n) is 17.9. The van der Waals surface area contributed by atoms with Crippen molar-refractivity contribution >= 4 is 17.5 Å². The predicted molar refractivity (Wildman–Crippen MR) is 108 cm³/mol. The number of hydrogen-bond donors (Lipinski definition) is 1. The Balaban J connectivity index is 1.74. The number of carbonyl (C=O) groups excluding carboxylic acids is 3. The Morgan fingerprint density at radius 1 is 1.27 bits per heavy atom. The van der Waals surface area contributed by atoms with Crippen molar-refractivity contribution in [3.63, 3.8) is 0 Å². The molecule has 0 bridgehead atoms. The fourth-order valence-corrected chi connectivity index (χ4v) is 6.75. The van der Waals surface area contributed by atoms with Crippen molar-refractivity contribution < 1.29 is 28.6 Å². The lowest BCUT2D eigenvalue weighted by atomic mass is 9.51. The number of alkyl halides is 1. The summed E-state index contributed by atoms with van der Waals surface area (Å²) >= 11 is 0. The first-order valence-electron chi connectivity index (χ1n) is 10.6. The Morgan fingerprint density at radius 3 is 2.63 bits per heavy atom. The molecule has 0 aliphatic heterocycles. The normalized spacial score (nSPS) is 44.4. The van der Waals surface area contributed by atoms with Gasteiger partial charge in [-0.3, -0.25) is 14.4 Å². The van der Waals surface area contributed by atoms with Gasteiger partial charge in [0.05, 0.1) is 0 Å². The number of halogens is 1. The van der Waals surface area contributed by atoms with E-state index in [1.165, 1.54) is 19.1 Å². The average molecular weight is 416 g/mol. The van der Waals surface area contributed by atoms with E-state index >= 15 is 4.39 Å². The fourth-order valence-electron chi connectivity index (χ4n) is 6.75. The third-order valence-corrected chi connectivity index (χ3v) is 8.35. The number of Topliss-reactive ketones (excluding diaryl/α,β-unsaturated/α-hetero) is 1. The van der Waals surface area contributed by atoms with Crippen LogP contribution in [0.5, 0.6) is 0 Å². The molecule has 0 amide bonds. The van der Waals surface area contributed by atoms with Gasteiger partial charge < -0.3 is 9.84 Å². The Morgan fingerprint density at radius 2 is 1.97 bits per heavy atom. The van der Waals surface area contributed by atoms with Crippen molar-refractivity contribution in [2.24, 2.45) is 28.6 Å². The molecule has 0 aromatic carbocycles. The van der Waals surface area contributed by atoms with Crippen molar-refractivity contribution in [3.05, 3.63) is 35.5 Å². The minimum Gasteiger partial charge on any atom is -0.458 e. The van der Waals surface area contributed by atoms with E-state index in [2.05, 4.69) is 0 Å². The number of ether oxygens (including phenoxy) is 1. The van der Waals surface area contributed by atoms with Gasteiger partial charge in [-0.15, -0.1) is 0 Å². The molecule has 162 valence electrons. The second kappa shape index (κ2) is 6.71. The summed E-state index contributed by atoms with van der Waals surface area (Å²) in [6, 6.07) is 0. The molecule has 5 nitrogen and oxygen atoms in total.